The Morgan fingerprint density at radius 2 is 1.90 bits per heavy atom. The largest absolute Gasteiger partial charge is 0.488 e. The van der Waals surface area contributed by atoms with Crippen LogP contribution in [-0.4, -0.2) is 16.6 Å². The van der Waals surface area contributed by atoms with E-state index in [-0.39, 0.29) is 17.2 Å². The fourth-order valence-electron chi connectivity index (χ4n) is 2.30. The fraction of sp³-hybridized carbons (Fsp3) is 0.286. The van der Waals surface area contributed by atoms with Gasteiger partial charge in [0.25, 0.3) is 0 Å². The molecular formula is C14H12F3N3O. The second kappa shape index (κ2) is 4.91. The highest BCUT2D eigenvalue weighted by atomic mass is 19.4. The molecule has 0 saturated carbocycles. The first-order valence-corrected chi connectivity index (χ1v) is 6.42. The number of aromatic nitrogens is 2. The summed E-state index contributed by atoms with van der Waals surface area (Å²) in [5.41, 5.74) is 5.48. The first-order valence-electron chi connectivity index (χ1n) is 6.42. The Morgan fingerprint density at radius 1 is 1.14 bits per heavy atom. The van der Waals surface area contributed by atoms with Crippen LogP contribution in [0.4, 0.5) is 19.0 Å². The van der Waals surface area contributed by atoms with Gasteiger partial charge in [0.1, 0.15) is 0 Å². The van der Waals surface area contributed by atoms with Crippen LogP contribution in [0.1, 0.15) is 17.7 Å². The number of fused-ring (bicyclic) bond motifs is 1. The Kier molecular flexibility index (Phi) is 3.19. The molecule has 0 radical (unpaired) electrons. The highest BCUT2D eigenvalue weighted by Gasteiger charge is 2.34. The molecule has 21 heavy (non-hydrogen) atoms. The van der Waals surface area contributed by atoms with Gasteiger partial charge in [0.15, 0.2) is 17.4 Å². The Labute approximate surface area is 118 Å². The molecule has 0 unspecified atom stereocenters. The van der Waals surface area contributed by atoms with Crippen molar-refractivity contribution in [2.75, 3.05) is 12.3 Å². The zero-order chi connectivity index (χ0) is 15.0. The average Bonchev–Trinajstić information content (AvgIpc) is 2.46. The van der Waals surface area contributed by atoms with Crippen LogP contribution in [0.2, 0.25) is 0 Å². The minimum Gasteiger partial charge on any atom is -0.488 e. The number of nitrogens with zero attached hydrogens (tertiary/aromatic N) is 2. The highest BCUT2D eigenvalue weighted by Crippen LogP contribution is 2.37. The molecule has 3 rings (SSSR count). The van der Waals surface area contributed by atoms with Crippen LogP contribution < -0.4 is 10.5 Å². The van der Waals surface area contributed by atoms with E-state index in [4.69, 9.17) is 10.5 Å². The van der Waals surface area contributed by atoms with Gasteiger partial charge in [-0.3, -0.25) is 0 Å². The van der Waals surface area contributed by atoms with Gasteiger partial charge in [-0.2, -0.15) is 13.2 Å². The van der Waals surface area contributed by atoms with E-state index in [1.54, 1.807) is 0 Å². The summed E-state index contributed by atoms with van der Waals surface area (Å²) >= 11 is 0. The third kappa shape index (κ3) is 2.51. The number of aryl methyl sites for hydroxylation is 1. The molecule has 0 atom stereocenters. The zero-order valence-electron chi connectivity index (χ0n) is 10.9. The normalized spacial score (nSPS) is 14.4. The standard InChI is InChI=1S/C14H12F3N3O/c15-14(16,17)9-5-2-1-4-8(9)13-19-10-6-3-7-21-11(10)12(18)20-13/h1-2,4-5H,3,6-7H2,(H2,18,19,20). The number of alkyl halides is 3. The van der Waals surface area contributed by atoms with Crippen molar-refractivity contribution >= 4 is 5.82 Å². The molecule has 2 heterocycles. The topological polar surface area (TPSA) is 61.0 Å². The Bertz CT molecular complexity index is 686. The number of hydrogen-bond donors (Lipinski definition) is 1. The molecule has 1 aliphatic heterocycles. The molecule has 1 aromatic carbocycles. The van der Waals surface area contributed by atoms with Gasteiger partial charge in [0.2, 0.25) is 0 Å². The number of halogens is 3. The third-order valence-electron chi connectivity index (χ3n) is 3.24. The summed E-state index contributed by atoms with van der Waals surface area (Å²) in [4.78, 5) is 8.17. The van der Waals surface area contributed by atoms with E-state index in [0.717, 1.165) is 12.5 Å². The van der Waals surface area contributed by atoms with Crippen molar-refractivity contribution < 1.29 is 17.9 Å². The van der Waals surface area contributed by atoms with Crippen molar-refractivity contribution in [3.63, 3.8) is 0 Å². The van der Waals surface area contributed by atoms with Crippen LogP contribution in [-0.2, 0) is 12.6 Å². The predicted molar refractivity (Wildman–Crippen MR) is 70.7 cm³/mol. The average molecular weight is 295 g/mol. The van der Waals surface area contributed by atoms with Crippen LogP contribution in [0.25, 0.3) is 11.4 Å². The first kappa shape index (κ1) is 13.7. The number of nitrogen functional groups attached to an aromatic ring is 1. The quantitative estimate of drug-likeness (QED) is 0.878. The Morgan fingerprint density at radius 3 is 2.67 bits per heavy atom. The van der Waals surface area contributed by atoms with Gasteiger partial charge in [-0.25, -0.2) is 9.97 Å². The van der Waals surface area contributed by atoms with Crippen molar-refractivity contribution in [3.8, 4) is 17.1 Å². The molecule has 0 saturated heterocycles. The lowest BCUT2D eigenvalue weighted by atomic mass is 10.1. The summed E-state index contributed by atoms with van der Waals surface area (Å²) in [7, 11) is 0. The van der Waals surface area contributed by atoms with Gasteiger partial charge in [0.05, 0.1) is 17.9 Å². The monoisotopic (exact) mass is 295 g/mol. The number of ether oxygens (including phenoxy) is 1. The summed E-state index contributed by atoms with van der Waals surface area (Å²) < 4.78 is 44.6. The van der Waals surface area contributed by atoms with E-state index in [0.29, 0.717) is 24.5 Å². The number of rotatable bonds is 1. The summed E-state index contributed by atoms with van der Waals surface area (Å²) in [6.45, 7) is 0.513. The maximum atomic E-state index is 13.1. The van der Waals surface area contributed by atoms with Gasteiger partial charge in [-0.05, 0) is 18.9 Å². The van der Waals surface area contributed by atoms with Gasteiger partial charge >= 0.3 is 6.18 Å². The molecule has 0 bridgehead atoms. The summed E-state index contributed by atoms with van der Waals surface area (Å²) in [6.07, 6.45) is -3.10. The molecule has 0 aliphatic carbocycles. The predicted octanol–water partition coefficient (Wildman–Crippen LogP) is 3.07. The number of nitrogens with two attached hydrogens (primary N) is 1. The molecular weight excluding hydrogens is 283 g/mol. The fourth-order valence-corrected chi connectivity index (χ4v) is 2.30. The minimum atomic E-state index is -4.47. The summed E-state index contributed by atoms with van der Waals surface area (Å²) in [5.74, 6) is 0.436. The van der Waals surface area contributed by atoms with Gasteiger partial charge in [-0.15, -0.1) is 0 Å². The SMILES string of the molecule is Nc1nc(-c2ccccc2C(F)(F)F)nc2c1OCCC2. The van der Waals surface area contributed by atoms with Gasteiger partial charge in [0, 0.05) is 5.56 Å². The van der Waals surface area contributed by atoms with Gasteiger partial charge in [-0.1, -0.05) is 18.2 Å². The van der Waals surface area contributed by atoms with Crippen LogP contribution in [0.15, 0.2) is 24.3 Å². The molecule has 0 amide bonds. The minimum absolute atomic E-state index is 0.0234. The zero-order valence-corrected chi connectivity index (χ0v) is 10.9. The molecule has 2 N–H and O–H groups in total. The molecule has 2 aromatic rings. The van der Waals surface area contributed by atoms with E-state index in [9.17, 15) is 13.2 Å². The second-order valence-electron chi connectivity index (χ2n) is 4.70. The van der Waals surface area contributed by atoms with Crippen molar-refractivity contribution in [1.29, 1.82) is 0 Å². The highest BCUT2D eigenvalue weighted by molar-refractivity contribution is 5.65. The maximum absolute atomic E-state index is 13.1. The van der Waals surface area contributed by atoms with E-state index in [1.165, 1.54) is 18.2 Å². The molecule has 1 aliphatic rings. The van der Waals surface area contributed by atoms with Crippen LogP contribution >= 0.6 is 0 Å². The lowest BCUT2D eigenvalue weighted by molar-refractivity contribution is -0.137. The van der Waals surface area contributed by atoms with Crippen LogP contribution in [0, 0.1) is 0 Å². The smallest absolute Gasteiger partial charge is 0.417 e. The Balaban J connectivity index is 2.16. The number of anilines is 1. The molecule has 110 valence electrons. The Hall–Kier alpha value is -2.31. The van der Waals surface area contributed by atoms with Crippen molar-refractivity contribution in [2.45, 2.75) is 19.0 Å². The molecule has 1 aromatic heterocycles. The molecule has 0 spiro atoms. The maximum Gasteiger partial charge on any atom is 0.417 e. The van der Waals surface area contributed by atoms with Crippen molar-refractivity contribution in [1.82, 2.24) is 9.97 Å². The first-order chi connectivity index (χ1) is 9.97. The van der Waals surface area contributed by atoms with E-state index >= 15 is 0 Å². The number of hydrogen-bond acceptors (Lipinski definition) is 4. The second-order valence-corrected chi connectivity index (χ2v) is 4.70. The van der Waals surface area contributed by atoms with Crippen molar-refractivity contribution in [2.24, 2.45) is 0 Å². The van der Waals surface area contributed by atoms with E-state index in [2.05, 4.69) is 9.97 Å². The number of benzene rings is 1. The van der Waals surface area contributed by atoms with E-state index in [1.807, 2.05) is 0 Å². The lowest BCUT2D eigenvalue weighted by Crippen LogP contribution is -2.15. The summed E-state index contributed by atoms with van der Waals surface area (Å²) in [6, 6.07) is 5.19. The van der Waals surface area contributed by atoms with Crippen LogP contribution in [0.3, 0.4) is 0 Å². The summed E-state index contributed by atoms with van der Waals surface area (Å²) in [5, 5.41) is 0. The lowest BCUT2D eigenvalue weighted by Gasteiger charge is -2.19. The molecule has 0 fully saturated rings. The molecule has 7 heteroatoms. The van der Waals surface area contributed by atoms with Crippen LogP contribution in [0.5, 0.6) is 5.75 Å². The third-order valence-corrected chi connectivity index (χ3v) is 3.24. The molecule has 4 nitrogen and oxygen atoms in total. The van der Waals surface area contributed by atoms with Crippen molar-refractivity contribution in [3.05, 3.63) is 35.5 Å². The van der Waals surface area contributed by atoms with E-state index < -0.39 is 11.7 Å². The van der Waals surface area contributed by atoms with Gasteiger partial charge < -0.3 is 10.5 Å².